The Balaban J connectivity index is 1.32. The molecule has 0 saturated carbocycles. The number of rotatable bonds is 2. The molecule has 2 aromatic heterocycles. The monoisotopic (exact) mass is 393 g/mol. The van der Waals surface area contributed by atoms with Crippen LogP contribution in [0.3, 0.4) is 0 Å². The molecule has 144 valence electrons. The number of nitrogen functional groups attached to an aromatic ring is 1. The number of hydrogen-bond acceptors (Lipinski definition) is 6. The molecule has 3 aromatic rings. The van der Waals surface area contributed by atoms with Crippen LogP contribution < -0.4 is 10.6 Å². The Bertz CT molecular complexity index is 1020. The van der Waals surface area contributed by atoms with Gasteiger partial charge in [0.25, 0.3) is 0 Å². The molecule has 1 aliphatic carbocycles. The molecule has 1 aliphatic heterocycles. The van der Waals surface area contributed by atoms with Gasteiger partial charge in [-0.15, -0.1) is 11.3 Å². The number of carbonyl (C=O) groups is 1. The molecule has 1 amide bonds. The number of amides is 1. The number of piperazine rings is 1. The standard InChI is InChI=1S/C21H23N5OS/c22-21-24-19-15(5-3-7-18(19)28-21)20(27)26-12-10-25(11-13-26)17-8-9-23-16-6-2-1-4-14(16)17/h1-2,4,6,8-9,15H,3,5,7,10-13H2,(H2,22,24). The van der Waals surface area contributed by atoms with Gasteiger partial charge >= 0.3 is 0 Å². The summed E-state index contributed by atoms with van der Waals surface area (Å²) >= 11 is 1.54. The second-order valence-electron chi connectivity index (χ2n) is 7.46. The molecular weight excluding hydrogens is 370 g/mol. The van der Waals surface area contributed by atoms with Crippen molar-refractivity contribution in [3.05, 3.63) is 47.1 Å². The summed E-state index contributed by atoms with van der Waals surface area (Å²) in [5.74, 6) is 0.0936. The summed E-state index contributed by atoms with van der Waals surface area (Å²) in [6, 6.07) is 10.3. The summed E-state index contributed by atoms with van der Waals surface area (Å²) < 4.78 is 0. The molecule has 1 fully saturated rings. The maximum atomic E-state index is 13.2. The van der Waals surface area contributed by atoms with Crippen LogP contribution in [0.5, 0.6) is 0 Å². The van der Waals surface area contributed by atoms with E-state index in [4.69, 9.17) is 5.73 Å². The van der Waals surface area contributed by atoms with E-state index in [9.17, 15) is 4.79 Å². The molecule has 5 rings (SSSR count). The number of thiazole rings is 1. The van der Waals surface area contributed by atoms with E-state index in [1.165, 1.54) is 27.3 Å². The van der Waals surface area contributed by atoms with Gasteiger partial charge in [0, 0.05) is 48.3 Å². The van der Waals surface area contributed by atoms with Crippen LogP contribution in [0.4, 0.5) is 10.8 Å². The van der Waals surface area contributed by atoms with E-state index < -0.39 is 0 Å². The number of fused-ring (bicyclic) bond motifs is 2. The Morgan fingerprint density at radius 3 is 2.82 bits per heavy atom. The number of nitrogens with two attached hydrogens (primary N) is 1. The minimum absolute atomic E-state index is 0.120. The van der Waals surface area contributed by atoms with E-state index in [2.05, 4.69) is 27.0 Å². The van der Waals surface area contributed by atoms with Crippen LogP contribution in [0.2, 0.25) is 0 Å². The molecule has 0 spiro atoms. The van der Waals surface area contributed by atoms with Crippen molar-refractivity contribution in [1.82, 2.24) is 14.9 Å². The lowest BCUT2D eigenvalue weighted by Crippen LogP contribution is -2.50. The van der Waals surface area contributed by atoms with Crippen molar-refractivity contribution in [3.63, 3.8) is 0 Å². The summed E-state index contributed by atoms with van der Waals surface area (Å²) in [6.45, 7) is 3.14. The Morgan fingerprint density at radius 2 is 1.96 bits per heavy atom. The third kappa shape index (κ3) is 2.99. The first-order chi connectivity index (χ1) is 13.7. The van der Waals surface area contributed by atoms with Crippen LogP contribution in [-0.4, -0.2) is 47.0 Å². The van der Waals surface area contributed by atoms with Crippen molar-refractivity contribution in [2.75, 3.05) is 36.8 Å². The molecule has 6 nitrogen and oxygen atoms in total. The second kappa shape index (κ2) is 7.05. The Kier molecular flexibility index (Phi) is 4.39. The fourth-order valence-electron chi connectivity index (χ4n) is 4.42. The summed E-state index contributed by atoms with van der Waals surface area (Å²) in [7, 11) is 0. The third-order valence-electron chi connectivity index (χ3n) is 5.83. The van der Waals surface area contributed by atoms with Crippen LogP contribution in [-0.2, 0) is 11.2 Å². The van der Waals surface area contributed by atoms with Crippen LogP contribution >= 0.6 is 11.3 Å². The van der Waals surface area contributed by atoms with Gasteiger partial charge in [-0.05, 0) is 31.4 Å². The molecule has 7 heteroatoms. The van der Waals surface area contributed by atoms with E-state index in [0.717, 1.165) is 56.7 Å². The summed E-state index contributed by atoms with van der Waals surface area (Å²) in [5.41, 5.74) is 9.04. The molecule has 1 aromatic carbocycles. The van der Waals surface area contributed by atoms with Crippen LogP contribution in [0.25, 0.3) is 10.9 Å². The number of benzene rings is 1. The molecule has 3 heterocycles. The molecule has 28 heavy (non-hydrogen) atoms. The number of aryl methyl sites for hydroxylation is 1. The highest BCUT2D eigenvalue weighted by Crippen LogP contribution is 2.37. The Morgan fingerprint density at radius 1 is 1.14 bits per heavy atom. The minimum atomic E-state index is -0.120. The van der Waals surface area contributed by atoms with Crippen molar-refractivity contribution < 1.29 is 4.79 Å². The molecule has 1 unspecified atom stereocenters. The molecule has 1 saturated heterocycles. The summed E-state index contributed by atoms with van der Waals surface area (Å²) in [4.78, 5) is 27.7. The lowest BCUT2D eigenvalue weighted by Gasteiger charge is -2.38. The number of anilines is 2. The van der Waals surface area contributed by atoms with Crippen molar-refractivity contribution >= 4 is 39.0 Å². The van der Waals surface area contributed by atoms with Crippen molar-refractivity contribution in [3.8, 4) is 0 Å². The zero-order valence-corrected chi connectivity index (χ0v) is 16.5. The van der Waals surface area contributed by atoms with E-state index in [1.807, 2.05) is 29.3 Å². The normalized spacial score (nSPS) is 19.6. The highest BCUT2D eigenvalue weighted by Gasteiger charge is 2.34. The maximum Gasteiger partial charge on any atom is 0.231 e. The highest BCUT2D eigenvalue weighted by molar-refractivity contribution is 7.15. The lowest BCUT2D eigenvalue weighted by molar-refractivity contribution is -0.133. The van der Waals surface area contributed by atoms with Gasteiger partial charge in [-0.1, -0.05) is 18.2 Å². The molecule has 1 atom stereocenters. The van der Waals surface area contributed by atoms with Crippen molar-refractivity contribution in [2.45, 2.75) is 25.2 Å². The lowest BCUT2D eigenvalue weighted by atomic mass is 9.89. The van der Waals surface area contributed by atoms with Gasteiger partial charge < -0.3 is 15.5 Å². The molecule has 2 aliphatic rings. The average Bonchev–Trinajstić information content (AvgIpc) is 3.13. The number of hydrogen-bond donors (Lipinski definition) is 1. The Labute approximate surface area is 168 Å². The van der Waals surface area contributed by atoms with E-state index in [-0.39, 0.29) is 11.8 Å². The minimum Gasteiger partial charge on any atom is -0.375 e. The van der Waals surface area contributed by atoms with Gasteiger partial charge in [-0.3, -0.25) is 9.78 Å². The number of para-hydroxylation sites is 1. The van der Waals surface area contributed by atoms with Crippen molar-refractivity contribution in [2.24, 2.45) is 0 Å². The van der Waals surface area contributed by atoms with Gasteiger partial charge in [-0.25, -0.2) is 4.98 Å². The van der Waals surface area contributed by atoms with Gasteiger partial charge in [0.15, 0.2) is 5.13 Å². The highest BCUT2D eigenvalue weighted by atomic mass is 32.1. The van der Waals surface area contributed by atoms with E-state index >= 15 is 0 Å². The van der Waals surface area contributed by atoms with Crippen molar-refractivity contribution in [1.29, 1.82) is 0 Å². The smallest absolute Gasteiger partial charge is 0.231 e. The fraction of sp³-hybridized carbons (Fsp3) is 0.381. The largest absolute Gasteiger partial charge is 0.375 e. The number of carbonyl (C=O) groups excluding carboxylic acids is 1. The number of pyridine rings is 1. The molecule has 2 N–H and O–H groups in total. The second-order valence-corrected chi connectivity index (χ2v) is 8.58. The first-order valence-corrected chi connectivity index (χ1v) is 10.6. The van der Waals surface area contributed by atoms with Gasteiger partial charge in [0.05, 0.1) is 17.1 Å². The van der Waals surface area contributed by atoms with Gasteiger partial charge in [0.2, 0.25) is 5.91 Å². The predicted molar refractivity (Wildman–Crippen MR) is 113 cm³/mol. The molecular formula is C21H23N5OS. The third-order valence-corrected chi connectivity index (χ3v) is 6.79. The summed E-state index contributed by atoms with van der Waals surface area (Å²) in [5, 5.41) is 1.75. The van der Waals surface area contributed by atoms with Gasteiger partial charge in [-0.2, -0.15) is 0 Å². The molecule has 0 radical (unpaired) electrons. The van der Waals surface area contributed by atoms with Gasteiger partial charge in [0.1, 0.15) is 0 Å². The number of aromatic nitrogens is 2. The van der Waals surface area contributed by atoms with E-state index in [1.54, 1.807) is 0 Å². The van der Waals surface area contributed by atoms with E-state index in [0.29, 0.717) is 5.13 Å². The number of nitrogens with zero attached hydrogens (tertiary/aromatic N) is 4. The predicted octanol–water partition coefficient (Wildman–Crippen LogP) is 3.04. The maximum absolute atomic E-state index is 13.2. The van der Waals surface area contributed by atoms with Crippen LogP contribution in [0.15, 0.2) is 36.5 Å². The summed E-state index contributed by atoms with van der Waals surface area (Å²) in [6.07, 6.45) is 4.78. The quantitative estimate of drug-likeness (QED) is 0.724. The first kappa shape index (κ1) is 17.4. The SMILES string of the molecule is Nc1nc2c(s1)CCCC2C(=O)N1CCN(c2ccnc3ccccc23)CC1. The molecule has 0 bridgehead atoms. The van der Waals surface area contributed by atoms with Crippen LogP contribution in [0.1, 0.15) is 29.3 Å². The fourth-order valence-corrected chi connectivity index (χ4v) is 5.36. The average molecular weight is 394 g/mol. The first-order valence-electron chi connectivity index (χ1n) is 9.83. The zero-order chi connectivity index (χ0) is 19.1. The zero-order valence-electron chi connectivity index (χ0n) is 15.7. The van der Waals surface area contributed by atoms with Crippen LogP contribution in [0, 0.1) is 0 Å². The topological polar surface area (TPSA) is 75.3 Å². The Hall–Kier alpha value is -2.67.